The molecule has 0 saturated carbocycles. The van der Waals surface area contributed by atoms with Gasteiger partial charge in [-0.25, -0.2) is 9.78 Å². The first-order valence-corrected chi connectivity index (χ1v) is 11.2. The van der Waals surface area contributed by atoms with Crippen LogP contribution in [0.3, 0.4) is 0 Å². The molecule has 0 saturated heterocycles. The smallest absolute Gasteiger partial charge is 0.321 e. The first-order valence-electron chi connectivity index (χ1n) is 10.2. The number of urea groups is 1. The summed E-state index contributed by atoms with van der Waals surface area (Å²) in [5.74, 6) is -0.0280. The van der Waals surface area contributed by atoms with E-state index in [0.29, 0.717) is 27.5 Å². The van der Waals surface area contributed by atoms with Crippen molar-refractivity contribution in [2.24, 2.45) is 0 Å². The minimum Gasteiger partial charge on any atom is -0.467 e. The number of aromatic nitrogens is 2. The topological polar surface area (TPSA) is 106 Å². The summed E-state index contributed by atoms with van der Waals surface area (Å²) in [6, 6.07) is 15.6. The number of rotatable bonds is 6. The van der Waals surface area contributed by atoms with Gasteiger partial charge in [0.1, 0.15) is 5.76 Å². The van der Waals surface area contributed by atoms with Gasteiger partial charge in [0.05, 0.1) is 35.2 Å². The number of benzene rings is 2. The lowest BCUT2D eigenvalue weighted by Gasteiger charge is -2.14. The molecule has 0 atom stereocenters. The lowest BCUT2D eigenvalue weighted by Crippen LogP contribution is -2.40. The Morgan fingerprint density at radius 2 is 1.88 bits per heavy atom. The van der Waals surface area contributed by atoms with Gasteiger partial charge in [-0.3, -0.25) is 19.5 Å². The molecule has 168 valence electrons. The standard InChI is InChI=1S/C24H22N4O4S/c1-15-9-10-17(12-16(15)2)28-22(30)19-7-3-4-8-20(19)26-24(28)33-14-21(29)27-23(31)25-13-18-6-5-11-32-18/h3-12H,13-14H2,1-2H3,(H2,25,27,29,31). The minimum atomic E-state index is -0.630. The van der Waals surface area contributed by atoms with Crippen LogP contribution in [0.25, 0.3) is 16.6 Å². The zero-order chi connectivity index (χ0) is 23.4. The fourth-order valence-corrected chi connectivity index (χ4v) is 4.03. The van der Waals surface area contributed by atoms with Crippen LogP contribution in [0.15, 0.2) is 75.2 Å². The van der Waals surface area contributed by atoms with Crippen LogP contribution < -0.4 is 16.2 Å². The van der Waals surface area contributed by atoms with Gasteiger partial charge in [0.25, 0.3) is 5.56 Å². The molecule has 2 aromatic carbocycles. The molecule has 0 bridgehead atoms. The number of fused-ring (bicyclic) bond motifs is 1. The average molecular weight is 463 g/mol. The van der Waals surface area contributed by atoms with Gasteiger partial charge in [-0.05, 0) is 61.4 Å². The van der Waals surface area contributed by atoms with Gasteiger partial charge in [0, 0.05) is 0 Å². The molecule has 33 heavy (non-hydrogen) atoms. The van der Waals surface area contributed by atoms with Crippen LogP contribution in [-0.4, -0.2) is 27.2 Å². The van der Waals surface area contributed by atoms with E-state index in [-0.39, 0.29) is 17.9 Å². The Kier molecular flexibility index (Phi) is 6.60. The summed E-state index contributed by atoms with van der Waals surface area (Å²) in [6.45, 7) is 4.13. The first kappa shape index (κ1) is 22.3. The van der Waals surface area contributed by atoms with Crippen LogP contribution in [0.2, 0.25) is 0 Å². The van der Waals surface area contributed by atoms with Crippen LogP contribution in [0.4, 0.5) is 4.79 Å². The summed E-state index contributed by atoms with van der Waals surface area (Å²) in [7, 11) is 0. The Morgan fingerprint density at radius 3 is 2.64 bits per heavy atom. The highest BCUT2D eigenvalue weighted by molar-refractivity contribution is 7.99. The Balaban J connectivity index is 1.55. The summed E-state index contributed by atoms with van der Waals surface area (Å²) in [5, 5.41) is 5.68. The van der Waals surface area contributed by atoms with E-state index in [9.17, 15) is 14.4 Å². The fraction of sp³-hybridized carbons (Fsp3) is 0.167. The molecule has 0 radical (unpaired) electrons. The lowest BCUT2D eigenvalue weighted by molar-refractivity contribution is -0.117. The molecular weight excluding hydrogens is 440 g/mol. The van der Waals surface area contributed by atoms with Crippen LogP contribution in [0.1, 0.15) is 16.9 Å². The van der Waals surface area contributed by atoms with E-state index in [1.807, 2.05) is 32.0 Å². The molecule has 0 aliphatic rings. The normalized spacial score (nSPS) is 10.8. The Bertz CT molecular complexity index is 1380. The molecule has 2 aromatic heterocycles. The van der Waals surface area contributed by atoms with Crippen molar-refractivity contribution >= 4 is 34.6 Å². The largest absolute Gasteiger partial charge is 0.467 e. The van der Waals surface area contributed by atoms with Gasteiger partial charge >= 0.3 is 6.03 Å². The van der Waals surface area contributed by atoms with Crippen molar-refractivity contribution in [3.05, 3.63) is 88.1 Å². The number of amides is 3. The summed E-state index contributed by atoms with van der Waals surface area (Å²) in [5.41, 5.74) is 3.13. The molecule has 4 aromatic rings. The van der Waals surface area contributed by atoms with Gasteiger partial charge in [-0.15, -0.1) is 0 Å². The first-order chi connectivity index (χ1) is 15.9. The van der Waals surface area contributed by atoms with Crippen LogP contribution in [-0.2, 0) is 11.3 Å². The van der Waals surface area contributed by atoms with Gasteiger partial charge in [0.2, 0.25) is 5.91 Å². The maximum atomic E-state index is 13.3. The van der Waals surface area contributed by atoms with Gasteiger partial charge in [-0.1, -0.05) is 30.0 Å². The number of carbonyl (C=O) groups is 2. The number of furan rings is 1. The highest BCUT2D eigenvalue weighted by Gasteiger charge is 2.16. The SMILES string of the molecule is Cc1ccc(-n2c(SCC(=O)NC(=O)NCc3ccco3)nc3ccccc3c2=O)cc1C. The van der Waals surface area contributed by atoms with E-state index < -0.39 is 11.9 Å². The zero-order valence-electron chi connectivity index (χ0n) is 18.1. The lowest BCUT2D eigenvalue weighted by atomic mass is 10.1. The van der Waals surface area contributed by atoms with Gasteiger partial charge in [-0.2, -0.15) is 0 Å². The summed E-state index contributed by atoms with van der Waals surface area (Å²) < 4.78 is 6.64. The molecule has 0 spiro atoms. The molecule has 8 nitrogen and oxygen atoms in total. The van der Waals surface area contributed by atoms with Crippen molar-refractivity contribution in [1.82, 2.24) is 20.2 Å². The highest BCUT2D eigenvalue weighted by atomic mass is 32.2. The van der Waals surface area contributed by atoms with E-state index in [1.165, 1.54) is 10.8 Å². The van der Waals surface area contributed by atoms with E-state index >= 15 is 0 Å². The number of aryl methyl sites for hydroxylation is 2. The number of hydrogen-bond acceptors (Lipinski definition) is 6. The monoisotopic (exact) mass is 462 g/mol. The van der Waals surface area contributed by atoms with E-state index in [1.54, 1.807) is 36.4 Å². The van der Waals surface area contributed by atoms with Crippen molar-refractivity contribution in [3.63, 3.8) is 0 Å². The van der Waals surface area contributed by atoms with Crippen LogP contribution in [0, 0.1) is 13.8 Å². The summed E-state index contributed by atoms with van der Waals surface area (Å²) in [6.07, 6.45) is 1.50. The third-order valence-corrected chi connectivity index (χ3v) is 6.02. The second kappa shape index (κ2) is 9.74. The molecule has 0 aliphatic carbocycles. The number of nitrogens with zero attached hydrogens (tertiary/aromatic N) is 2. The molecule has 2 heterocycles. The number of imide groups is 1. The third-order valence-electron chi connectivity index (χ3n) is 5.08. The van der Waals surface area contributed by atoms with E-state index in [0.717, 1.165) is 22.9 Å². The quantitative estimate of drug-likeness (QED) is 0.334. The van der Waals surface area contributed by atoms with Crippen molar-refractivity contribution in [3.8, 4) is 5.69 Å². The Hall–Kier alpha value is -3.85. The molecule has 0 unspecified atom stereocenters. The predicted molar refractivity (Wildman–Crippen MR) is 127 cm³/mol. The summed E-state index contributed by atoms with van der Waals surface area (Å²) in [4.78, 5) is 42.3. The third kappa shape index (κ3) is 5.15. The van der Waals surface area contributed by atoms with Crippen molar-refractivity contribution < 1.29 is 14.0 Å². The maximum absolute atomic E-state index is 13.3. The minimum absolute atomic E-state index is 0.0935. The van der Waals surface area contributed by atoms with Crippen molar-refractivity contribution in [2.75, 3.05) is 5.75 Å². The van der Waals surface area contributed by atoms with Crippen molar-refractivity contribution in [1.29, 1.82) is 0 Å². The van der Waals surface area contributed by atoms with E-state index in [4.69, 9.17) is 4.42 Å². The number of nitrogens with one attached hydrogen (secondary N) is 2. The molecule has 4 rings (SSSR count). The number of para-hydroxylation sites is 1. The maximum Gasteiger partial charge on any atom is 0.321 e. The van der Waals surface area contributed by atoms with Crippen LogP contribution in [0.5, 0.6) is 0 Å². The Labute approximate surface area is 194 Å². The van der Waals surface area contributed by atoms with Crippen molar-refractivity contribution in [2.45, 2.75) is 25.5 Å². The fourth-order valence-electron chi connectivity index (χ4n) is 3.22. The van der Waals surface area contributed by atoms with Gasteiger partial charge in [0.15, 0.2) is 5.16 Å². The zero-order valence-corrected chi connectivity index (χ0v) is 18.9. The molecule has 9 heteroatoms. The molecular formula is C24H22N4O4S. The molecule has 2 N–H and O–H groups in total. The highest BCUT2D eigenvalue weighted by Crippen LogP contribution is 2.22. The van der Waals surface area contributed by atoms with Crippen LogP contribution >= 0.6 is 11.8 Å². The number of hydrogen-bond donors (Lipinski definition) is 2. The molecule has 0 fully saturated rings. The second-order valence-electron chi connectivity index (χ2n) is 7.42. The predicted octanol–water partition coefficient (Wildman–Crippen LogP) is 3.71. The van der Waals surface area contributed by atoms with Gasteiger partial charge < -0.3 is 9.73 Å². The second-order valence-corrected chi connectivity index (χ2v) is 8.36. The number of carbonyl (C=O) groups excluding carboxylic acids is 2. The average Bonchev–Trinajstić information content (AvgIpc) is 3.32. The molecule has 0 aliphatic heterocycles. The molecule has 3 amide bonds. The Morgan fingerprint density at radius 1 is 1.06 bits per heavy atom. The number of thioether (sulfide) groups is 1. The van der Waals surface area contributed by atoms with E-state index in [2.05, 4.69) is 15.6 Å². The summed E-state index contributed by atoms with van der Waals surface area (Å²) >= 11 is 1.09.